The zero-order valence-electron chi connectivity index (χ0n) is 15.8. The van der Waals surface area contributed by atoms with Gasteiger partial charge in [0.15, 0.2) is 5.75 Å². The predicted octanol–water partition coefficient (Wildman–Crippen LogP) is 3.19. The molecule has 0 aromatic heterocycles. The van der Waals surface area contributed by atoms with E-state index in [1.165, 1.54) is 25.3 Å². The van der Waals surface area contributed by atoms with Gasteiger partial charge in [0.2, 0.25) is 0 Å². The Morgan fingerprint density at radius 3 is 2.47 bits per heavy atom. The highest BCUT2D eigenvalue weighted by Gasteiger charge is 2.29. The number of nitrogens with one attached hydrogen (secondary N) is 1. The van der Waals surface area contributed by atoms with Gasteiger partial charge in [-0.25, -0.2) is 4.39 Å². The molecule has 30 heavy (non-hydrogen) atoms. The first kappa shape index (κ1) is 22.3. The zero-order chi connectivity index (χ0) is 21.9. The number of methoxy groups -OCH3 is 1. The van der Waals surface area contributed by atoms with Crippen molar-refractivity contribution in [1.82, 2.24) is 5.32 Å². The molecule has 0 unspecified atom stereocenters. The van der Waals surface area contributed by atoms with Crippen molar-refractivity contribution in [2.45, 2.75) is 11.5 Å². The molecule has 0 aliphatic carbocycles. The molecule has 0 saturated carbocycles. The Bertz CT molecular complexity index is 1000. The van der Waals surface area contributed by atoms with Crippen LogP contribution in [0.5, 0.6) is 11.5 Å². The molecule has 0 bridgehead atoms. The first-order valence-corrected chi connectivity index (χ1v) is 10.6. The van der Waals surface area contributed by atoms with Gasteiger partial charge in [0, 0.05) is 44.0 Å². The zero-order valence-corrected chi connectivity index (χ0v) is 17.4. The van der Waals surface area contributed by atoms with Crippen molar-refractivity contribution >= 4 is 33.2 Å². The molecule has 1 aliphatic heterocycles. The number of benzene rings is 2. The highest BCUT2D eigenvalue weighted by Crippen LogP contribution is 2.38. The lowest BCUT2D eigenvalue weighted by Crippen LogP contribution is -2.43. The third-order valence-electron chi connectivity index (χ3n) is 4.44. The molecule has 2 aromatic rings. The summed E-state index contributed by atoms with van der Waals surface area (Å²) in [6, 6.07) is 6.62. The van der Waals surface area contributed by atoms with Crippen LogP contribution in [-0.2, 0) is 10.0 Å². The molecule has 3 rings (SSSR count). The van der Waals surface area contributed by atoms with E-state index < -0.39 is 33.9 Å². The van der Waals surface area contributed by atoms with Crippen molar-refractivity contribution in [3.8, 4) is 11.5 Å². The van der Waals surface area contributed by atoms with Crippen molar-refractivity contribution in [1.29, 1.82) is 0 Å². The second-order valence-corrected chi connectivity index (χ2v) is 8.61. The van der Waals surface area contributed by atoms with E-state index in [9.17, 15) is 21.6 Å². The molecular weight excluding hydrogens is 447 g/mol. The van der Waals surface area contributed by atoms with Crippen LogP contribution in [0.25, 0.3) is 0 Å². The molecule has 1 aliphatic rings. The highest BCUT2D eigenvalue weighted by atomic mass is 35.5. The van der Waals surface area contributed by atoms with Crippen LogP contribution < -0.4 is 23.5 Å². The molecule has 12 heteroatoms. The van der Waals surface area contributed by atoms with Gasteiger partial charge in [0.25, 0.3) is 10.0 Å². The van der Waals surface area contributed by atoms with Gasteiger partial charge in [-0.1, -0.05) is 0 Å². The van der Waals surface area contributed by atoms with E-state index in [0.29, 0.717) is 43.7 Å². The number of piperazine rings is 1. The minimum absolute atomic E-state index is 0.195. The van der Waals surface area contributed by atoms with Gasteiger partial charge in [-0.15, -0.1) is 0 Å². The summed E-state index contributed by atoms with van der Waals surface area (Å²) in [5, 5.41) is 3.20. The fourth-order valence-corrected chi connectivity index (χ4v) is 4.50. The van der Waals surface area contributed by atoms with Gasteiger partial charge < -0.3 is 19.7 Å². The Hall–Kier alpha value is -2.37. The number of sulfonamides is 1. The van der Waals surface area contributed by atoms with Gasteiger partial charge >= 0.3 is 6.61 Å². The molecule has 2 aromatic carbocycles. The highest BCUT2D eigenvalue weighted by molar-refractivity contribution is 7.94. The summed E-state index contributed by atoms with van der Waals surface area (Å²) in [6.07, 6.45) is 0. The van der Waals surface area contributed by atoms with Crippen LogP contribution in [0.2, 0.25) is 0 Å². The van der Waals surface area contributed by atoms with Gasteiger partial charge in [-0.2, -0.15) is 21.0 Å². The van der Waals surface area contributed by atoms with Crippen molar-refractivity contribution in [2.75, 3.05) is 42.0 Å². The summed E-state index contributed by atoms with van der Waals surface area (Å²) in [4.78, 5) is 1.76. The minimum atomic E-state index is -4.40. The van der Waals surface area contributed by atoms with Gasteiger partial charge in [-0.3, -0.25) is 0 Å². The largest absolute Gasteiger partial charge is 0.495 e. The van der Waals surface area contributed by atoms with Crippen LogP contribution in [0.1, 0.15) is 0 Å². The minimum Gasteiger partial charge on any atom is -0.495 e. The maximum absolute atomic E-state index is 13.5. The standard InChI is InChI=1S/C18H19ClF3N3O4S/c1-28-16-5-3-13(11-15(16)24-8-6-23-7-9-24)30(26,27)25(19)14-4-2-12(20)10-17(14)29-18(21)22/h2-5,10-11,18,23H,6-9H2,1H3. The third-order valence-corrected chi connectivity index (χ3v) is 6.64. The quantitative estimate of drug-likeness (QED) is 0.633. The summed E-state index contributed by atoms with van der Waals surface area (Å²) in [7, 11) is -2.93. The second kappa shape index (κ2) is 9.19. The van der Waals surface area contributed by atoms with E-state index in [0.717, 1.165) is 12.1 Å². The summed E-state index contributed by atoms with van der Waals surface area (Å²) in [6.45, 7) is -0.598. The van der Waals surface area contributed by atoms with Crippen molar-refractivity contribution in [3.63, 3.8) is 0 Å². The second-order valence-electron chi connectivity index (χ2n) is 6.28. The van der Waals surface area contributed by atoms with Crippen LogP contribution in [-0.4, -0.2) is 48.3 Å². The van der Waals surface area contributed by atoms with Crippen LogP contribution in [0.3, 0.4) is 0 Å². The predicted molar refractivity (Wildman–Crippen MR) is 107 cm³/mol. The Morgan fingerprint density at radius 2 is 1.83 bits per heavy atom. The number of alkyl halides is 2. The maximum atomic E-state index is 13.5. The molecule has 7 nitrogen and oxygen atoms in total. The average molecular weight is 466 g/mol. The summed E-state index contributed by atoms with van der Waals surface area (Å²) in [5.74, 6) is -1.12. The topological polar surface area (TPSA) is 71.1 Å². The molecule has 0 spiro atoms. The molecule has 164 valence electrons. The number of rotatable bonds is 7. The number of halogens is 4. The average Bonchev–Trinajstić information content (AvgIpc) is 2.73. The lowest BCUT2D eigenvalue weighted by molar-refractivity contribution is -0.0495. The first-order chi connectivity index (χ1) is 14.2. The number of hydrogen-bond acceptors (Lipinski definition) is 6. The first-order valence-electron chi connectivity index (χ1n) is 8.83. The van der Waals surface area contributed by atoms with Crippen LogP contribution in [0, 0.1) is 5.82 Å². The monoisotopic (exact) mass is 465 g/mol. The lowest BCUT2D eigenvalue weighted by atomic mass is 10.2. The fourth-order valence-electron chi connectivity index (χ4n) is 3.03. The molecule has 1 fully saturated rings. The van der Waals surface area contributed by atoms with E-state index in [2.05, 4.69) is 10.1 Å². The molecule has 0 radical (unpaired) electrons. The van der Waals surface area contributed by atoms with Crippen LogP contribution >= 0.6 is 11.8 Å². The Morgan fingerprint density at radius 1 is 1.13 bits per heavy atom. The van der Waals surface area contributed by atoms with E-state index >= 15 is 0 Å². The molecular formula is C18H19ClF3N3O4S. The SMILES string of the molecule is COc1ccc(S(=O)(=O)N(Cl)c2ccc(F)cc2OC(F)F)cc1N1CCNCC1. The lowest BCUT2D eigenvalue weighted by Gasteiger charge is -2.31. The number of hydrogen-bond donors (Lipinski definition) is 1. The molecule has 1 heterocycles. The van der Waals surface area contributed by atoms with Gasteiger partial charge in [0.1, 0.15) is 17.3 Å². The number of nitrogens with zero attached hydrogens (tertiary/aromatic N) is 2. The Kier molecular flexibility index (Phi) is 6.84. The normalized spacial score (nSPS) is 14.7. The molecule has 0 amide bonds. The smallest absolute Gasteiger partial charge is 0.387 e. The number of ether oxygens (including phenoxy) is 2. The van der Waals surface area contributed by atoms with Gasteiger partial charge in [0.05, 0.1) is 17.7 Å². The van der Waals surface area contributed by atoms with E-state index in [1.807, 2.05) is 4.90 Å². The van der Waals surface area contributed by atoms with Crippen LogP contribution in [0.15, 0.2) is 41.3 Å². The fraction of sp³-hybridized carbons (Fsp3) is 0.333. The summed E-state index contributed by atoms with van der Waals surface area (Å²) < 4.78 is 74.8. The molecule has 1 saturated heterocycles. The molecule has 0 atom stereocenters. The number of anilines is 2. The summed E-state index contributed by atoms with van der Waals surface area (Å²) in [5.41, 5.74) is 0.103. The molecule has 1 N–H and O–H groups in total. The van der Waals surface area contributed by atoms with E-state index in [4.69, 9.17) is 16.5 Å². The van der Waals surface area contributed by atoms with E-state index in [1.54, 1.807) is 0 Å². The Balaban J connectivity index is 2.01. The van der Waals surface area contributed by atoms with Crippen LogP contribution in [0.4, 0.5) is 24.5 Å². The third kappa shape index (κ3) is 4.68. The van der Waals surface area contributed by atoms with E-state index in [-0.39, 0.29) is 8.72 Å². The summed E-state index contributed by atoms with van der Waals surface area (Å²) >= 11 is 6.03. The van der Waals surface area contributed by atoms with Crippen molar-refractivity contribution in [3.05, 3.63) is 42.2 Å². The van der Waals surface area contributed by atoms with Crippen molar-refractivity contribution < 1.29 is 31.1 Å². The van der Waals surface area contributed by atoms with Crippen molar-refractivity contribution in [2.24, 2.45) is 0 Å². The maximum Gasteiger partial charge on any atom is 0.387 e. The Labute approximate surface area is 177 Å². The van der Waals surface area contributed by atoms with Gasteiger partial charge in [-0.05, 0) is 30.3 Å².